The number of fused-ring (bicyclic) bond motifs is 1. The summed E-state index contributed by atoms with van der Waals surface area (Å²) in [4.78, 5) is 38.8. The Labute approximate surface area is 155 Å². The number of aromatic nitrogens is 1. The summed E-state index contributed by atoms with van der Waals surface area (Å²) in [6.07, 6.45) is 2.99. The van der Waals surface area contributed by atoms with E-state index in [1.165, 1.54) is 18.2 Å². The van der Waals surface area contributed by atoms with E-state index in [-0.39, 0.29) is 35.2 Å². The molecule has 2 aliphatic carbocycles. The molecule has 4 rings (SSSR count). The maximum Gasteiger partial charge on any atom is 0.261 e. The smallest absolute Gasteiger partial charge is 0.261 e. The number of primary amides is 1. The van der Waals surface area contributed by atoms with Crippen LogP contribution in [0.5, 0.6) is 0 Å². The zero-order chi connectivity index (χ0) is 19.1. The van der Waals surface area contributed by atoms with Crippen LogP contribution in [0.2, 0.25) is 0 Å². The predicted octanol–water partition coefficient (Wildman–Crippen LogP) is 1.91. The van der Waals surface area contributed by atoms with E-state index in [1.54, 1.807) is 12.1 Å². The van der Waals surface area contributed by atoms with Crippen molar-refractivity contribution in [2.24, 2.45) is 11.7 Å². The molecule has 0 bridgehead atoms. The number of aryl methyl sites for hydroxylation is 1. The zero-order valence-corrected chi connectivity index (χ0v) is 14.6. The van der Waals surface area contributed by atoms with Gasteiger partial charge in [-0.05, 0) is 60.9 Å². The lowest BCUT2D eigenvalue weighted by Gasteiger charge is -2.26. The molecular weight excluding hydrogens is 349 g/mol. The average molecular weight is 369 g/mol. The third-order valence-corrected chi connectivity index (χ3v) is 5.46. The Morgan fingerprint density at radius 2 is 1.96 bits per heavy atom. The Morgan fingerprint density at radius 1 is 1.22 bits per heavy atom. The molecule has 2 aliphatic rings. The molecule has 4 N–H and O–H groups in total. The molecule has 1 saturated carbocycles. The number of nitrogens with one attached hydrogen (secondary N) is 2. The number of halogens is 1. The molecule has 0 spiro atoms. The van der Waals surface area contributed by atoms with Crippen molar-refractivity contribution in [1.29, 1.82) is 0 Å². The number of pyridine rings is 1. The number of benzene rings is 1. The maximum absolute atomic E-state index is 13.1. The quantitative estimate of drug-likeness (QED) is 0.767. The van der Waals surface area contributed by atoms with Gasteiger partial charge in [0.05, 0.1) is 6.04 Å². The lowest BCUT2D eigenvalue weighted by atomic mass is 9.90. The first-order valence-corrected chi connectivity index (χ1v) is 9.06. The Hall–Kier alpha value is -2.96. The molecule has 1 heterocycles. The van der Waals surface area contributed by atoms with Crippen molar-refractivity contribution < 1.29 is 14.0 Å². The molecule has 140 valence electrons. The van der Waals surface area contributed by atoms with Crippen molar-refractivity contribution in [3.8, 4) is 0 Å². The van der Waals surface area contributed by atoms with Crippen molar-refractivity contribution in [2.45, 2.75) is 37.6 Å². The normalized spacial score (nSPS) is 23.4. The van der Waals surface area contributed by atoms with Crippen LogP contribution in [0.1, 0.15) is 58.4 Å². The van der Waals surface area contributed by atoms with Gasteiger partial charge >= 0.3 is 0 Å². The molecule has 27 heavy (non-hydrogen) atoms. The molecule has 2 aromatic rings. The fraction of sp³-hybridized carbons (Fsp3) is 0.350. The zero-order valence-electron chi connectivity index (χ0n) is 14.6. The summed E-state index contributed by atoms with van der Waals surface area (Å²) in [5.41, 5.74) is 7.14. The Bertz CT molecular complexity index is 967. The van der Waals surface area contributed by atoms with Crippen LogP contribution in [0.15, 0.2) is 35.1 Å². The monoisotopic (exact) mass is 369 g/mol. The van der Waals surface area contributed by atoms with E-state index >= 15 is 0 Å². The standard InChI is InChI=1S/C20H20FN3O3/c21-11-6-4-10(5-7-11)12-8-13(12)19(26)23-16-2-1-3-17-14(16)9-15(18(22)25)20(27)24-17/h4-7,9,12-13,16H,1-3,8H2,(H2,22,25)(H,23,26)(H,24,27). The molecule has 3 unspecified atom stereocenters. The number of H-pyrrole nitrogens is 1. The van der Waals surface area contributed by atoms with Gasteiger partial charge in [-0.2, -0.15) is 0 Å². The molecule has 6 nitrogen and oxygen atoms in total. The second kappa shape index (κ2) is 6.64. The van der Waals surface area contributed by atoms with Crippen LogP contribution in [0.4, 0.5) is 4.39 Å². The minimum Gasteiger partial charge on any atom is -0.365 e. The summed E-state index contributed by atoms with van der Waals surface area (Å²) in [5, 5.41) is 3.05. The topological polar surface area (TPSA) is 105 Å². The third-order valence-electron chi connectivity index (χ3n) is 5.46. The number of rotatable bonds is 4. The number of carbonyl (C=O) groups is 2. The highest BCUT2D eigenvalue weighted by Gasteiger charge is 2.44. The first-order chi connectivity index (χ1) is 12.9. The van der Waals surface area contributed by atoms with Crippen LogP contribution < -0.4 is 16.6 Å². The van der Waals surface area contributed by atoms with Crippen molar-refractivity contribution in [3.05, 3.63) is 68.9 Å². The minimum absolute atomic E-state index is 0.0611. The van der Waals surface area contributed by atoms with Crippen molar-refractivity contribution in [3.63, 3.8) is 0 Å². The molecule has 1 aromatic heterocycles. The summed E-state index contributed by atoms with van der Waals surface area (Å²) in [7, 11) is 0. The first-order valence-electron chi connectivity index (χ1n) is 9.06. The van der Waals surface area contributed by atoms with Crippen LogP contribution in [-0.2, 0) is 11.2 Å². The Kier molecular flexibility index (Phi) is 4.30. The molecule has 0 radical (unpaired) electrons. The van der Waals surface area contributed by atoms with Gasteiger partial charge in [0.1, 0.15) is 11.4 Å². The van der Waals surface area contributed by atoms with Gasteiger partial charge in [0.2, 0.25) is 5.91 Å². The molecule has 0 saturated heterocycles. The number of hydrogen-bond donors (Lipinski definition) is 3. The number of amides is 2. The second-order valence-electron chi connectivity index (χ2n) is 7.26. The molecule has 1 fully saturated rings. The summed E-state index contributed by atoms with van der Waals surface area (Å²) in [6, 6.07) is 7.49. The van der Waals surface area contributed by atoms with Crippen LogP contribution in [0.3, 0.4) is 0 Å². The van der Waals surface area contributed by atoms with E-state index in [0.29, 0.717) is 6.42 Å². The van der Waals surface area contributed by atoms with Gasteiger partial charge in [0.25, 0.3) is 11.5 Å². The van der Waals surface area contributed by atoms with Crippen LogP contribution in [0.25, 0.3) is 0 Å². The fourth-order valence-corrected chi connectivity index (χ4v) is 3.92. The first kappa shape index (κ1) is 17.5. The summed E-state index contributed by atoms with van der Waals surface area (Å²) >= 11 is 0. The SMILES string of the molecule is NC(=O)c1cc2c([nH]c1=O)CCCC2NC(=O)C1CC1c1ccc(F)cc1. The molecule has 3 atom stereocenters. The van der Waals surface area contributed by atoms with Gasteiger partial charge < -0.3 is 16.0 Å². The van der Waals surface area contributed by atoms with E-state index in [2.05, 4.69) is 10.3 Å². The van der Waals surface area contributed by atoms with Crippen molar-refractivity contribution >= 4 is 11.8 Å². The van der Waals surface area contributed by atoms with Gasteiger partial charge in [-0.3, -0.25) is 14.4 Å². The molecule has 7 heteroatoms. The molecular formula is C20H20FN3O3. The molecule has 1 aromatic carbocycles. The fourth-order valence-electron chi connectivity index (χ4n) is 3.92. The van der Waals surface area contributed by atoms with E-state index < -0.39 is 11.5 Å². The maximum atomic E-state index is 13.1. The summed E-state index contributed by atoms with van der Waals surface area (Å²) in [6.45, 7) is 0. The van der Waals surface area contributed by atoms with Crippen molar-refractivity contribution in [2.75, 3.05) is 0 Å². The Balaban J connectivity index is 1.50. The number of carbonyl (C=O) groups excluding carboxylic acids is 2. The average Bonchev–Trinajstić information content (AvgIpc) is 3.42. The van der Waals surface area contributed by atoms with Gasteiger partial charge in [-0.1, -0.05) is 12.1 Å². The number of nitrogens with two attached hydrogens (primary N) is 1. The number of aromatic amines is 1. The highest BCUT2D eigenvalue weighted by molar-refractivity contribution is 5.92. The Morgan fingerprint density at radius 3 is 2.67 bits per heavy atom. The highest BCUT2D eigenvalue weighted by atomic mass is 19.1. The van der Waals surface area contributed by atoms with Gasteiger partial charge in [-0.25, -0.2) is 4.39 Å². The van der Waals surface area contributed by atoms with Gasteiger partial charge in [0, 0.05) is 11.6 Å². The molecule has 2 amide bonds. The van der Waals surface area contributed by atoms with E-state index in [9.17, 15) is 18.8 Å². The van der Waals surface area contributed by atoms with Gasteiger partial charge in [-0.15, -0.1) is 0 Å². The third kappa shape index (κ3) is 3.37. The number of hydrogen-bond acceptors (Lipinski definition) is 3. The van der Waals surface area contributed by atoms with Gasteiger partial charge in [0.15, 0.2) is 0 Å². The largest absolute Gasteiger partial charge is 0.365 e. The summed E-state index contributed by atoms with van der Waals surface area (Å²) in [5.74, 6) is -1.18. The van der Waals surface area contributed by atoms with E-state index in [0.717, 1.165) is 36.1 Å². The predicted molar refractivity (Wildman–Crippen MR) is 96.7 cm³/mol. The second-order valence-corrected chi connectivity index (χ2v) is 7.26. The highest BCUT2D eigenvalue weighted by Crippen LogP contribution is 2.48. The van der Waals surface area contributed by atoms with Crippen LogP contribution >= 0.6 is 0 Å². The minimum atomic E-state index is -0.784. The van der Waals surface area contributed by atoms with Crippen LogP contribution in [0, 0.1) is 11.7 Å². The lowest BCUT2D eigenvalue weighted by molar-refractivity contribution is -0.123. The van der Waals surface area contributed by atoms with E-state index in [4.69, 9.17) is 5.73 Å². The lowest BCUT2D eigenvalue weighted by Crippen LogP contribution is -2.35. The van der Waals surface area contributed by atoms with Crippen molar-refractivity contribution in [1.82, 2.24) is 10.3 Å². The summed E-state index contributed by atoms with van der Waals surface area (Å²) < 4.78 is 13.1. The van der Waals surface area contributed by atoms with Crippen LogP contribution in [-0.4, -0.2) is 16.8 Å². The van der Waals surface area contributed by atoms with E-state index in [1.807, 2.05) is 0 Å². The molecule has 0 aliphatic heterocycles.